The van der Waals surface area contributed by atoms with Gasteiger partial charge < -0.3 is 19.5 Å². The van der Waals surface area contributed by atoms with E-state index >= 15 is 0 Å². The Bertz CT molecular complexity index is 182. The highest BCUT2D eigenvalue weighted by molar-refractivity contribution is 5.86. The maximum atomic E-state index is 11.0. The van der Waals surface area contributed by atoms with Crippen molar-refractivity contribution in [1.82, 2.24) is 5.32 Å². The molecule has 0 saturated carbocycles. The number of rotatable bonds is 4. The number of esters is 1. The predicted molar refractivity (Wildman–Crippen MR) is 42.1 cm³/mol. The second-order valence-corrected chi connectivity index (χ2v) is 1.81. The van der Waals surface area contributed by atoms with Crippen molar-refractivity contribution in [2.45, 2.75) is 0 Å². The Morgan fingerprint density at radius 2 is 1.67 bits per heavy atom. The summed E-state index contributed by atoms with van der Waals surface area (Å²) in [6.45, 7) is 0. The zero-order valence-electron chi connectivity index (χ0n) is 7.63. The molecule has 0 bridgehead atoms. The van der Waals surface area contributed by atoms with Crippen LogP contribution in [0.25, 0.3) is 0 Å². The van der Waals surface area contributed by atoms with E-state index < -0.39 is 5.97 Å². The van der Waals surface area contributed by atoms with E-state index in [1.165, 1.54) is 21.3 Å². The summed E-state index contributed by atoms with van der Waals surface area (Å²) >= 11 is 0. The van der Waals surface area contributed by atoms with Gasteiger partial charge >= 0.3 is 5.97 Å². The fourth-order valence-electron chi connectivity index (χ4n) is 0.670. The molecular weight excluding hydrogens is 162 g/mol. The first-order valence-corrected chi connectivity index (χ1v) is 3.29. The van der Waals surface area contributed by atoms with E-state index in [2.05, 4.69) is 10.1 Å². The van der Waals surface area contributed by atoms with Crippen LogP contribution in [0, 0.1) is 0 Å². The first kappa shape index (κ1) is 10.6. The molecule has 0 aromatic rings. The van der Waals surface area contributed by atoms with Crippen LogP contribution in [0.5, 0.6) is 0 Å². The molecule has 0 aliphatic carbocycles. The van der Waals surface area contributed by atoms with Crippen LogP contribution in [-0.4, -0.2) is 34.3 Å². The van der Waals surface area contributed by atoms with Gasteiger partial charge in [-0.25, -0.2) is 4.79 Å². The highest BCUT2D eigenvalue weighted by atomic mass is 16.6. The lowest BCUT2D eigenvalue weighted by molar-refractivity contribution is -0.140. The van der Waals surface area contributed by atoms with Gasteiger partial charge in [0, 0.05) is 7.05 Å². The summed E-state index contributed by atoms with van der Waals surface area (Å²) in [6.07, 6.45) is 0. The molecule has 0 saturated heterocycles. The zero-order chi connectivity index (χ0) is 9.56. The summed E-state index contributed by atoms with van der Waals surface area (Å²) in [5.41, 5.74) is 0. The molecule has 5 nitrogen and oxygen atoms in total. The quantitative estimate of drug-likeness (QED) is 0.365. The Morgan fingerprint density at radius 1 is 1.08 bits per heavy atom. The average molecular weight is 175 g/mol. The van der Waals surface area contributed by atoms with E-state index in [0.717, 1.165) is 0 Å². The fraction of sp³-hybridized carbons (Fsp3) is 0.571. The molecule has 0 aromatic heterocycles. The minimum atomic E-state index is -0.580. The van der Waals surface area contributed by atoms with E-state index in [9.17, 15) is 4.79 Å². The molecule has 12 heavy (non-hydrogen) atoms. The third-order valence-corrected chi connectivity index (χ3v) is 1.21. The molecule has 0 unspecified atom stereocenters. The fourth-order valence-corrected chi connectivity index (χ4v) is 0.670. The monoisotopic (exact) mass is 175 g/mol. The van der Waals surface area contributed by atoms with Crippen molar-refractivity contribution in [3.05, 3.63) is 11.6 Å². The lowest BCUT2D eigenvalue weighted by atomic mass is 10.5. The minimum Gasteiger partial charge on any atom is -0.486 e. The van der Waals surface area contributed by atoms with Crippen LogP contribution in [0.3, 0.4) is 0 Å². The highest BCUT2D eigenvalue weighted by Gasteiger charge is 2.16. The molecule has 70 valence electrons. The van der Waals surface area contributed by atoms with Crippen LogP contribution in [0.2, 0.25) is 0 Å². The first-order valence-electron chi connectivity index (χ1n) is 3.29. The lowest BCUT2D eigenvalue weighted by Crippen LogP contribution is -2.18. The summed E-state index contributed by atoms with van der Waals surface area (Å²) in [5, 5.41) is 2.65. The Hall–Kier alpha value is -1.39. The van der Waals surface area contributed by atoms with E-state index in [-0.39, 0.29) is 11.6 Å². The van der Waals surface area contributed by atoms with Gasteiger partial charge in [0.1, 0.15) is 0 Å². The summed E-state index contributed by atoms with van der Waals surface area (Å²) in [6, 6.07) is 0. The van der Waals surface area contributed by atoms with Gasteiger partial charge in [0.15, 0.2) is 0 Å². The summed E-state index contributed by atoms with van der Waals surface area (Å²) < 4.78 is 14.0. The second kappa shape index (κ2) is 5.29. The summed E-state index contributed by atoms with van der Waals surface area (Å²) in [7, 11) is 5.67. The van der Waals surface area contributed by atoms with E-state index in [4.69, 9.17) is 9.47 Å². The molecule has 0 fully saturated rings. The van der Waals surface area contributed by atoms with Crippen molar-refractivity contribution in [3.8, 4) is 0 Å². The van der Waals surface area contributed by atoms with Crippen molar-refractivity contribution >= 4 is 5.97 Å². The number of methoxy groups -OCH3 is 3. The van der Waals surface area contributed by atoms with E-state index in [0.29, 0.717) is 0 Å². The molecular formula is C7H13NO4. The van der Waals surface area contributed by atoms with Gasteiger partial charge in [-0.2, -0.15) is 0 Å². The normalized spacial score (nSPS) is 11.3. The number of nitrogens with one attached hydrogen (secondary N) is 1. The average Bonchev–Trinajstić information content (AvgIpc) is 2.12. The van der Waals surface area contributed by atoms with Crippen LogP contribution in [0.15, 0.2) is 11.6 Å². The molecule has 0 amide bonds. The number of carbonyl (C=O) groups is 1. The van der Waals surface area contributed by atoms with Crippen molar-refractivity contribution in [1.29, 1.82) is 0 Å². The number of hydrogen-bond acceptors (Lipinski definition) is 5. The maximum Gasteiger partial charge on any atom is 0.379 e. The number of hydrogen-bond donors (Lipinski definition) is 1. The van der Waals surface area contributed by atoms with Crippen LogP contribution < -0.4 is 5.32 Å². The first-order chi connectivity index (χ1) is 5.71. The Labute approximate surface area is 71.3 Å². The third kappa shape index (κ3) is 2.34. The van der Waals surface area contributed by atoms with Crippen LogP contribution in [-0.2, 0) is 19.0 Å². The minimum absolute atomic E-state index is 0.0162. The molecule has 1 N–H and O–H groups in total. The summed E-state index contributed by atoms with van der Waals surface area (Å²) in [4.78, 5) is 11.0. The largest absolute Gasteiger partial charge is 0.486 e. The Balaban J connectivity index is 4.68. The lowest BCUT2D eigenvalue weighted by Gasteiger charge is -2.09. The Kier molecular flexibility index (Phi) is 4.67. The van der Waals surface area contributed by atoms with Gasteiger partial charge in [0.05, 0.1) is 21.3 Å². The molecule has 0 radical (unpaired) electrons. The number of ether oxygens (including phenoxy) is 3. The molecule has 0 rings (SSSR count). The van der Waals surface area contributed by atoms with E-state index in [1.807, 2.05) is 0 Å². The maximum absolute atomic E-state index is 11.0. The molecule has 0 aromatic carbocycles. The topological polar surface area (TPSA) is 56.8 Å². The number of carbonyl (C=O) groups excluding carboxylic acids is 1. The third-order valence-electron chi connectivity index (χ3n) is 1.21. The van der Waals surface area contributed by atoms with Gasteiger partial charge in [0.2, 0.25) is 5.88 Å². The smallest absolute Gasteiger partial charge is 0.379 e. The van der Waals surface area contributed by atoms with Crippen molar-refractivity contribution < 1.29 is 19.0 Å². The van der Waals surface area contributed by atoms with Gasteiger partial charge in [0.25, 0.3) is 5.76 Å². The van der Waals surface area contributed by atoms with Crippen molar-refractivity contribution in [2.24, 2.45) is 0 Å². The zero-order valence-corrected chi connectivity index (χ0v) is 7.63. The molecule has 0 aliphatic heterocycles. The summed E-state index contributed by atoms with van der Waals surface area (Å²) in [5.74, 6) is -0.324. The van der Waals surface area contributed by atoms with Crippen LogP contribution in [0.1, 0.15) is 0 Å². The molecule has 0 atom stereocenters. The van der Waals surface area contributed by atoms with Gasteiger partial charge in [-0.05, 0) is 0 Å². The molecule has 0 heterocycles. The Morgan fingerprint density at radius 3 is 1.92 bits per heavy atom. The van der Waals surface area contributed by atoms with Gasteiger partial charge in [-0.15, -0.1) is 0 Å². The standard InChI is InChI=1S/C7H13NO4/c1-8-6(11-3)5(10-2)7(9)12-4/h8H,1-4H3. The van der Waals surface area contributed by atoms with Crippen molar-refractivity contribution in [3.63, 3.8) is 0 Å². The van der Waals surface area contributed by atoms with Crippen LogP contribution in [0.4, 0.5) is 0 Å². The SMILES string of the molecule is CNC(OC)=C(OC)C(=O)OC. The van der Waals surface area contributed by atoms with Gasteiger partial charge in [-0.1, -0.05) is 0 Å². The molecule has 5 heteroatoms. The van der Waals surface area contributed by atoms with Gasteiger partial charge in [-0.3, -0.25) is 0 Å². The van der Waals surface area contributed by atoms with Crippen LogP contribution >= 0.6 is 0 Å². The highest BCUT2D eigenvalue weighted by Crippen LogP contribution is 2.04. The second-order valence-electron chi connectivity index (χ2n) is 1.81. The molecule has 0 aliphatic rings. The molecule has 0 spiro atoms. The predicted octanol–water partition coefficient (Wildman–Crippen LogP) is -0.159. The van der Waals surface area contributed by atoms with Crippen molar-refractivity contribution in [2.75, 3.05) is 28.4 Å². The van der Waals surface area contributed by atoms with E-state index in [1.54, 1.807) is 7.05 Å².